The van der Waals surface area contributed by atoms with E-state index in [-0.39, 0.29) is 5.91 Å². The van der Waals surface area contributed by atoms with Gasteiger partial charge in [-0.2, -0.15) is 0 Å². The fourth-order valence-electron chi connectivity index (χ4n) is 10.9. The number of nitrogens with zero attached hydrogens (tertiary/aromatic N) is 6. The van der Waals surface area contributed by atoms with Gasteiger partial charge in [0.2, 0.25) is 5.55 Å². The molecule has 0 atom stereocenters. The molecule has 0 saturated carbocycles. The molecule has 62 heavy (non-hydrogen) atoms. The summed E-state index contributed by atoms with van der Waals surface area (Å²) < 4.78 is 15.2. The molecule has 0 bridgehead atoms. The molecule has 10 heteroatoms. The van der Waals surface area contributed by atoms with Gasteiger partial charge < -0.3 is 28.8 Å². The van der Waals surface area contributed by atoms with Gasteiger partial charge in [0.25, 0.3) is 5.91 Å². The number of para-hydroxylation sites is 1. The summed E-state index contributed by atoms with van der Waals surface area (Å²) in [7, 11) is 0. The van der Waals surface area contributed by atoms with Gasteiger partial charge in [-0.25, -0.2) is 9.98 Å². The molecule has 0 radical (unpaired) electrons. The van der Waals surface area contributed by atoms with Crippen LogP contribution in [0.4, 0.5) is 17.1 Å². The number of amides is 1. The van der Waals surface area contributed by atoms with E-state index in [4.69, 9.17) is 19.1 Å². The first kappa shape index (κ1) is 38.8. The third-order valence-electron chi connectivity index (χ3n) is 13.7. The monoisotopic (exact) mass is 840 g/mol. The average Bonchev–Trinajstić information content (AvgIpc) is 3.84. The minimum atomic E-state index is -0.946. The highest BCUT2D eigenvalue weighted by atomic mass is 32.1. The summed E-state index contributed by atoms with van der Waals surface area (Å²) in [6.45, 7) is 15.0. The van der Waals surface area contributed by atoms with Gasteiger partial charge in [-0.05, 0) is 107 Å². The van der Waals surface area contributed by atoms with E-state index in [1.165, 1.54) is 23.2 Å². The smallest absolute Gasteiger partial charge is 0.255 e. The van der Waals surface area contributed by atoms with Gasteiger partial charge in [-0.1, -0.05) is 42.5 Å². The van der Waals surface area contributed by atoms with E-state index in [0.717, 1.165) is 130 Å². The predicted octanol–water partition coefficient (Wildman–Crippen LogP) is 10.6. The summed E-state index contributed by atoms with van der Waals surface area (Å²) in [6.07, 6.45) is 4.33. The number of rotatable bonds is 10. The lowest BCUT2D eigenvalue weighted by Crippen LogP contribution is -2.48. The number of aromatic nitrogens is 1. The van der Waals surface area contributed by atoms with E-state index in [9.17, 15) is 0 Å². The third kappa shape index (κ3) is 5.89. The Morgan fingerprint density at radius 1 is 0.758 bits per heavy atom. The minimum Gasteiger partial charge on any atom is -0.456 e. The van der Waals surface area contributed by atoms with E-state index in [2.05, 4.69) is 121 Å². The Balaban J connectivity index is 1.09. The first-order valence-corrected chi connectivity index (χ1v) is 23.4. The van der Waals surface area contributed by atoms with Crippen LogP contribution in [-0.4, -0.2) is 68.1 Å². The molecule has 1 amide bonds. The van der Waals surface area contributed by atoms with Crippen molar-refractivity contribution in [2.75, 3.05) is 67.1 Å². The van der Waals surface area contributed by atoms with E-state index in [1.807, 2.05) is 23.1 Å². The molecule has 0 saturated heterocycles. The summed E-state index contributed by atoms with van der Waals surface area (Å²) in [4.78, 5) is 34.8. The van der Waals surface area contributed by atoms with Gasteiger partial charge in [0.15, 0.2) is 0 Å². The van der Waals surface area contributed by atoms with Crippen molar-refractivity contribution >= 4 is 55.5 Å². The number of benzene rings is 5. The molecule has 0 aliphatic carbocycles. The van der Waals surface area contributed by atoms with Gasteiger partial charge >= 0.3 is 0 Å². The summed E-state index contributed by atoms with van der Waals surface area (Å²) in [5.74, 6) is 1.51. The standard InChI is InChI=1S/C52H52N6O3S/c1-5-55(6-2)35-21-23-41-44(31-35)60-45-32-36(56(7-3)8-4)22-24-42(45)52(41)40-18-10-9-16-37(40)51(59)58(52)28-25-53-49-39(50-54-43-19-11-12-20-46(43)62-50)30-34-29-33-15-13-26-57-27-14-17-38(47(33)57)48(34)61-49/h9-12,16,18-24,29-32H,5-8,13-15,17,25-28H2,1-4H3. The fraction of sp³-hybridized carbons (Fsp3) is 0.327. The van der Waals surface area contributed by atoms with Crippen molar-refractivity contribution < 1.29 is 13.9 Å². The molecule has 11 rings (SSSR count). The number of anilines is 3. The summed E-state index contributed by atoms with van der Waals surface area (Å²) in [5, 5.41) is 1.98. The second-order valence-electron chi connectivity index (χ2n) is 16.8. The Kier molecular flexibility index (Phi) is 9.59. The summed E-state index contributed by atoms with van der Waals surface area (Å²) in [6, 6.07) is 34.1. The molecular formula is C52H52N6O3S. The molecule has 6 heterocycles. The van der Waals surface area contributed by atoms with Gasteiger partial charge in [0.05, 0.1) is 22.3 Å². The molecular weight excluding hydrogens is 789 g/mol. The number of carbonyl (C=O) groups excluding carboxylic acids is 1. The number of hydrogen-bond acceptors (Lipinski definition) is 9. The van der Waals surface area contributed by atoms with E-state index in [1.54, 1.807) is 11.3 Å². The Bertz CT molecular complexity index is 2880. The summed E-state index contributed by atoms with van der Waals surface area (Å²) in [5.41, 5.74) is 12.2. The molecule has 9 nitrogen and oxygen atoms in total. The van der Waals surface area contributed by atoms with Crippen molar-refractivity contribution in [3.63, 3.8) is 0 Å². The Hall–Kier alpha value is -6.13. The third-order valence-corrected chi connectivity index (χ3v) is 14.8. The van der Waals surface area contributed by atoms with E-state index >= 15 is 4.79 Å². The van der Waals surface area contributed by atoms with Crippen molar-refractivity contribution in [1.82, 2.24) is 9.88 Å². The average molecular weight is 841 g/mol. The first-order chi connectivity index (χ1) is 30.4. The number of ether oxygens (including phenoxy) is 1. The molecule has 5 aromatic carbocycles. The maximum Gasteiger partial charge on any atom is 0.255 e. The normalized spacial score (nSPS) is 16.1. The topological polar surface area (TPSA) is 77.6 Å². The second kappa shape index (κ2) is 15.3. The van der Waals surface area contributed by atoms with Crippen LogP contribution in [0.15, 0.2) is 106 Å². The molecule has 314 valence electrons. The lowest BCUT2D eigenvalue weighted by Gasteiger charge is -2.44. The van der Waals surface area contributed by atoms with Crippen LogP contribution in [0.3, 0.4) is 0 Å². The van der Waals surface area contributed by atoms with Crippen LogP contribution in [0.1, 0.15) is 78.7 Å². The fourth-order valence-corrected chi connectivity index (χ4v) is 11.8. The van der Waals surface area contributed by atoms with Crippen LogP contribution in [0, 0.1) is 0 Å². The molecule has 2 aromatic heterocycles. The van der Waals surface area contributed by atoms with Gasteiger partial charge in [-0.3, -0.25) is 4.79 Å². The molecule has 0 N–H and O–H groups in total. The predicted molar refractivity (Wildman–Crippen MR) is 252 cm³/mol. The lowest BCUT2D eigenvalue weighted by molar-refractivity contribution is 0.0672. The highest BCUT2D eigenvalue weighted by molar-refractivity contribution is 7.21. The molecule has 1 spiro atoms. The molecule has 7 aromatic rings. The zero-order valence-corrected chi connectivity index (χ0v) is 36.9. The molecule has 0 fully saturated rings. The number of thiazole rings is 1. The van der Waals surface area contributed by atoms with Crippen LogP contribution in [0.2, 0.25) is 0 Å². The van der Waals surface area contributed by atoms with Gasteiger partial charge in [-0.15, -0.1) is 11.3 Å². The first-order valence-electron chi connectivity index (χ1n) is 22.6. The minimum absolute atomic E-state index is 0.0202. The van der Waals surface area contributed by atoms with Crippen molar-refractivity contribution in [2.45, 2.75) is 58.9 Å². The quantitative estimate of drug-likeness (QED) is 0.136. The lowest BCUT2D eigenvalue weighted by atomic mass is 9.74. The highest BCUT2D eigenvalue weighted by Crippen LogP contribution is 2.58. The Morgan fingerprint density at radius 3 is 2.15 bits per heavy atom. The van der Waals surface area contributed by atoms with Crippen LogP contribution in [0.25, 0.3) is 31.8 Å². The van der Waals surface area contributed by atoms with Crippen molar-refractivity contribution in [3.05, 3.63) is 136 Å². The van der Waals surface area contributed by atoms with Gasteiger partial charge in [0, 0.05) is 103 Å². The molecule has 4 aliphatic rings. The number of hydrogen-bond donors (Lipinski definition) is 0. The second-order valence-corrected chi connectivity index (χ2v) is 17.9. The highest BCUT2D eigenvalue weighted by Gasteiger charge is 2.56. The maximum atomic E-state index is 15.1. The number of carbonyl (C=O) groups is 1. The van der Waals surface area contributed by atoms with Crippen LogP contribution >= 0.6 is 11.3 Å². The zero-order chi connectivity index (χ0) is 42.1. The van der Waals surface area contributed by atoms with Crippen molar-refractivity contribution in [3.8, 4) is 22.1 Å². The Morgan fingerprint density at radius 2 is 1.44 bits per heavy atom. The van der Waals surface area contributed by atoms with E-state index in [0.29, 0.717) is 24.2 Å². The van der Waals surface area contributed by atoms with Crippen molar-refractivity contribution in [2.24, 2.45) is 4.99 Å². The molecule has 4 aliphatic heterocycles. The SMILES string of the molecule is CCN(CC)c1ccc2c(c1)Oc1cc(N(CC)CC)ccc1C21c2ccccc2C(=O)N1CCN=c1oc2c3c4c(cc2cc1-c1nc2ccccc2s1)CCCN4CCC3. The molecule has 0 unspecified atom stereocenters. The zero-order valence-electron chi connectivity index (χ0n) is 36.0. The van der Waals surface area contributed by atoms with Crippen LogP contribution in [0.5, 0.6) is 11.5 Å². The van der Waals surface area contributed by atoms with Crippen molar-refractivity contribution in [1.29, 1.82) is 0 Å². The largest absolute Gasteiger partial charge is 0.456 e. The van der Waals surface area contributed by atoms with Crippen LogP contribution < -0.4 is 25.0 Å². The van der Waals surface area contributed by atoms with Gasteiger partial charge in [0.1, 0.15) is 27.6 Å². The number of aryl methyl sites for hydroxylation is 2. The number of fused-ring (bicyclic) bond motifs is 9. The van der Waals surface area contributed by atoms with E-state index < -0.39 is 5.54 Å². The Labute approximate surface area is 366 Å². The summed E-state index contributed by atoms with van der Waals surface area (Å²) >= 11 is 1.66. The van der Waals surface area contributed by atoms with Crippen LogP contribution in [-0.2, 0) is 18.4 Å². The maximum absolute atomic E-state index is 15.1.